The molecule has 2 atom stereocenters. The Bertz CT molecular complexity index is 612. The van der Waals surface area contributed by atoms with E-state index in [2.05, 4.69) is 31.3 Å². The van der Waals surface area contributed by atoms with E-state index in [4.69, 9.17) is 0 Å². The van der Waals surface area contributed by atoms with Crippen molar-refractivity contribution in [2.24, 2.45) is 5.92 Å². The van der Waals surface area contributed by atoms with Crippen molar-refractivity contribution in [3.05, 3.63) is 29.8 Å². The molecule has 2 amide bonds. The normalized spacial score (nSPS) is 23.0. The zero-order valence-electron chi connectivity index (χ0n) is 15.2. The number of carbonyl (C=O) groups is 2. The number of anilines is 1. The second-order valence-corrected chi connectivity index (χ2v) is 7.17. The molecule has 0 bridgehead atoms. The highest BCUT2D eigenvalue weighted by Crippen LogP contribution is 2.28. The molecule has 2 heterocycles. The van der Waals surface area contributed by atoms with Crippen LogP contribution in [0.25, 0.3) is 0 Å². The number of carbonyl (C=O) groups excluding carboxylic acids is 2. The maximum Gasteiger partial charge on any atom is 0.239 e. The average Bonchev–Trinajstić information content (AvgIpc) is 3.23. The Balaban J connectivity index is 0.00000225. The molecule has 2 unspecified atom stereocenters. The van der Waals surface area contributed by atoms with E-state index in [9.17, 15) is 9.59 Å². The standard InChI is InChI=1S/C19H27N3O2.ClH/c1-13(2)14-4-6-15(7-5-14)22-11-9-17(19(22)24)18(23)21(3)16-8-10-20-12-16;/h4-7,13,16-17,20H,8-12H2,1-3H3;1H. The molecule has 2 aliphatic rings. The number of hydrogen-bond acceptors (Lipinski definition) is 3. The summed E-state index contributed by atoms with van der Waals surface area (Å²) in [6.07, 6.45) is 1.57. The van der Waals surface area contributed by atoms with Gasteiger partial charge in [0.15, 0.2) is 0 Å². The van der Waals surface area contributed by atoms with Crippen molar-refractivity contribution in [3.63, 3.8) is 0 Å². The lowest BCUT2D eigenvalue weighted by Gasteiger charge is -2.26. The van der Waals surface area contributed by atoms with Gasteiger partial charge in [0.25, 0.3) is 0 Å². The molecule has 138 valence electrons. The quantitative estimate of drug-likeness (QED) is 0.833. The summed E-state index contributed by atoms with van der Waals surface area (Å²) in [5.74, 6) is -0.151. The molecule has 0 aliphatic carbocycles. The van der Waals surface area contributed by atoms with Gasteiger partial charge >= 0.3 is 0 Å². The van der Waals surface area contributed by atoms with E-state index in [-0.39, 0.29) is 30.3 Å². The summed E-state index contributed by atoms with van der Waals surface area (Å²) in [5, 5.41) is 3.27. The van der Waals surface area contributed by atoms with Crippen molar-refractivity contribution in [1.82, 2.24) is 10.2 Å². The van der Waals surface area contributed by atoms with E-state index in [1.54, 1.807) is 9.80 Å². The number of benzene rings is 1. The highest BCUT2D eigenvalue weighted by Gasteiger charge is 2.40. The minimum absolute atomic E-state index is 0. The third kappa shape index (κ3) is 3.98. The lowest BCUT2D eigenvalue weighted by molar-refractivity contribution is -0.140. The molecule has 0 radical (unpaired) electrons. The molecule has 1 aromatic rings. The molecule has 25 heavy (non-hydrogen) atoms. The monoisotopic (exact) mass is 365 g/mol. The van der Waals surface area contributed by atoms with Crippen LogP contribution >= 0.6 is 12.4 Å². The number of halogens is 1. The molecule has 0 aromatic heterocycles. The van der Waals surface area contributed by atoms with Gasteiger partial charge in [-0.05, 0) is 43.0 Å². The first-order valence-corrected chi connectivity index (χ1v) is 8.87. The maximum absolute atomic E-state index is 12.7. The van der Waals surface area contributed by atoms with Crippen molar-refractivity contribution in [2.75, 3.05) is 31.6 Å². The molecule has 1 N–H and O–H groups in total. The summed E-state index contributed by atoms with van der Waals surface area (Å²) in [7, 11) is 1.83. The second-order valence-electron chi connectivity index (χ2n) is 7.17. The third-order valence-corrected chi connectivity index (χ3v) is 5.30. The van der Waals surface area contributed by atoms with Crippen LogP contribution in [0.3, 0.4) is 0 Å². The smallest absolute Gasteiger partial charge is 0.239 e. The van der Waals surface area contributed by atoms with Crippen molar-refractivity contribution in [2.45, 2.75) is 38.6 Å². The lowest BCUT2D eigenvalue weighted by Crippen LogP contribution is -2.44. The zero-order valence-corrected chi connectivity index (χ0v) is 16.0. The molecule has 0 saturated carbocycles. The van der Waals surface area contributed by atoms with Gasteiger partial charge in [0.2, 0.25) is 11.8 Å². The minimum Gasteiger partial charge on any atom is -0.341 e. The van der Waals surface area contributed by atoms with E-state index in [0.29, 0.717) is 18.9 Å². The third-order valence-electron chi connectivity index (χ3n) is 5.30. The Labute approximate surface area is 156 Å². The summed E-state index contributed by atoms with van der Waals surface area (Å²) < 4.78 is 0. The van der Waals surface area contributed by atoms with E-state index in [1.165, 1.54) is 5.56 Å². The van der Waals surface area contributed by atoms with Gasteiger partial charge in [-0.1, -0.05) is 26.0 Å². The van der Waals surface area contributed by atoms with E-state index < -0.39 is 5.92 Å². The summed E-state index contributed by atoms with van der Waals surface area (Å²) >= 11 is 0. The van der Waals surface area contributed by atoms with Gasteiger partial charge in [0.05, 0.1) is 0 Å². The first-order valence-electron chi connectivity index (χ1n) is 8.87. The predicted octanol–water partition coefficient (Wildman–Crippen LogP) is 2.41. The van der Waals surface area contributed by atoms with E-state index >= 15 is 0 Å². The summed E-state index contributed by atoms with van der Waals surface area (Å²) in [5.41, 5.74) is 2.15. The first kappa shape index (κ1) is 19.7. The Kier molecular flexibility index (Phi) is 6.47. The van der Waals surface area contributed by atoms with Crippen molar-refractivity contribution in [1.29, 1.82) is 0 Å². The highest BCUT2D eigenvalue weighted by atomic mass is 35.5. The van der Waals surface area contributed by atoms with Crippen LogP contribution in [-0.4, -0.2) is 49.4 Å². The Morgan fingerprint density at radius 3 is 2.48 bits per heavy atom. The largest absolute Gasteiger partial charge is 0.341 e. The van der Waals surface area contributed by atoms with Crippen LogP contribution < -0.4 is 10.2 Å². The second kappa shape index (κ2) is 8.19. The van der Waals surface area contributed by atoms with Crippen molar-refractivity contribution in [3.8, 4) is 0 Å². The van der Waals surface area contributed by atoms with Gasteiger partial charge < -0.3 is 15.1 Å². The average molecular weight is 366 g/mol. The molecule has 2 fully saturated rings. The van der Waals surface area contributed by atoms with Crippen LogP contribution in [0.2, 0.25) is 0 Å². The number of nitrogens with zero attached hydrogens (tertiary/aromatic N) is 2. The Morgan fingerprint density at radius 2 is 1.92 bits per heavy atom. The first-order chi connectivity index (χ1) is 11.5. The van der Waals surface area contributed by atoms with Crippen LogP contribution in [0.4, 0.5) is 5.69 Å². The SMILES string of the molecule is CC(C)c1ccc(N2CCC(C(=O)N(C)C3CCNC3)C2=O)cc1.Cl. The molecule has 5 nitrogen and oxygen atoms in total. The topological polar surface area (TPSA) is 52.7 Å². The Morgan fingerprint density at radius 1 is 1.24 bits per heavy atom. The Hall–Kier alpha value is -1.59. The number of amides is 2. The molecule has 2 saturated heterocycles. The van der Waals surface area contributed by atoms with Gasteiger partial charge in [-0.2, -0.15) is 0 Å². The fraction of sp³-hybridized carbons (Fsp3) is 0.579. The molecule has 1 aromatic carbocycles. The summed E-state index contributed by atoms with van der Waals surface area (Å²) in [6.45, 7) is 6.68. The maximum atomic E-state index is 12.7. The van der Waals surface area contributed by atoms with Gasteiger partial charge in [-0.3, -0.25) is 9.59 Å². The van der Waals surface area contributed by atoms with Gasteiger partial charge in [-0.25, -0.2) is 0 Å². The fourth-order valence-corrected chi connectivity index (χ4v) is 3.60. The molecule has 0 spiro atoms. The number of likely N-dealkylation sites (N-methyl/N-ethyl adjacent to an activating group) is 1. The van der Waals surface area contributed by atoms with Gasteiger partial charge in [-0.15, -0.1) is 12.4 Å². The molecular weight excluding hydrogens is 338 g/mol. The highest BCUT2D eigenvalue weighted by molar-refractivity contribution is 6.09. The van der Waals surface area contributed by atoms with Crippen molar-refractivity contribution < 1.29 is 9.59 Å². The van der Waals surface area contributed by atoms with Crippen LogP contribution in [0, 0.1) is 5.92 Å². The van der Waals surface area contributed by atoms with Crippen LogP contribution in [0.15, 0.2) is 24.3 Å². The van der Waals surface area contributed by atoms with E-state index in [1.807, 2.05) is 19.2 Å². The predicted molar refractivity (Wildman–Crippen MR) is 102 cm³/mol. The number of rotatable bonds is 4. The van der Waals surface area contributed by atoms with Crippen LogP contribution in [0.1, 0.15) is 38.2 Å². The number of hydrogen-bond donors (Lipinski definition) is 1. The molecule has 2 aliphatic heterocycles. The van der Waals surface area contributed by atoms with E-state index in [0.717, 1.165) is 25.2 Å². The zero-order chi connectivity index (χ0) is 17.3. The lowest BCUT2D eigenvalue weighted by atomic mass is 10.0. The summed E-state index contributed by atoms with van der Waals surface area (Å²) in [4.78, 5) is 29.0. The van der Waals surface area contributed by atoms with Gasteiger partial charge in [0.1, 0.15) is 5.92 Å². The molecular formula is C19H28ClN3O2. The van der Waals surface area contributed by atoms with Crippen LogP contribution in [0.5, 0.6) is 0 Å². The minimum atomic E-state index is -0.527. The van der Waals surface area contributed by atoms with Gasteiger partial charge in [0, 0.05) is 31.9 Å². The summed E-state index contributed by atoms with van der Waals surface area (Å²) in [6, 6.07) is 8.33. The molecule has 6 heteroatoms. The van der Waals surface area contributed by atoms with Crippen LogP contribution in [-0.2, 0) is 9.59 Å². The number of nitrogens with one attached hydrogen (secondary N) is 1. The fourth-order valence-electron chi connectivity index (χ4n) is 3.60. The van der Waals surface area contributed by atoms with Crippen molar-refractivity contribution >= 4 is 29.9 Å². The molecule has 3 rings (SSSR count).